The molecular formula is C13H20N2O5. The van der Waals surface area contributed by atoms with Gasteiger partial charge in [0, 0.05) is 19.6 Å². The fourth-order valence-corrected chi connectivity index (χ4v) is 3.00. The Morgan fingerprint density at radius 1 is 1.25 bits per heavy atom. The van der Waals surface area contributed by atoms with Crippen molar-refractivity contribution in [3.8, 4) is 0 Å². The van der Waals surface area contributed by atoms with E-state index in [2.05, 4.69) is 0 Å². The van der Waals surface area contributed by atoms with Crippen molar-refractivity contribution >= 4 is 18.0 Å². The fourth-order valence-electron chi connectivity index (χ4n) is 3.00. The highest BCUT2D eigenvalue weighted by Crippen LogP contribution is 2.27. The monoisotopic (exact) mass is 284 g/mol. The van der Waals surface area contributed by atoms with Crippen molar-refractivity contribution in [3.63, 3.8) is 0 Å². The molecule has 2 heterocycles. The van der Waals surface area contributed by atoms with Gasteiger partial charge in [0.2, 0.25) is 0 Å². The highest BCUT2D eigenvalue weighted by molar-refractivity contribution is 5.85. The van der Waals surface area contributed by atoms with Gasteiger partial charge in [-0.15, -0.1) is 0 Å². The molecule has 0 radical (unpaired) electrons. The summed E-state index contributed by atoms with van der Waals surface area (Å²) in [7, 11) is 1.31. The Labute approximate surface area is 117 Å². The maximum Gasteiger partial charge on any atom is 0.328 e. The topological polar surface area (TPSA) is 87.2 Å². The molecule has 2 aliphatic heterocycles. The van der Waals surface area contributed by atoms with Crippen LogP contribution in [-0.2, 0) is 14.3 Å². The number of likely N-dealkylation sites (tertiary alicyclic amines) is 2. The van der Waals surface area contributed by atoms with Crippen molar-refractivity contribution in [2.75, 3.05) is 26.7 Å². The molecule has 0 spiro atoms. The van der Waals surface area contributed by atoms with Crippen molar-refractivity contribution in [2.45, 2.75) is 25.8 Å². The van der Waals surface area contributed by atoms with E-state index in [9.17, 15) is 14.4 Å². The van der Waals surface area contributed by atoms with Gasteiger partial charge in [-0.2, -0.15) is 0 Å². The van der Waals surface area contributed by atoms with E-state index in [-0.39, 0.29) is 18.5 Å². The largest absolute Gasteiger partial charge is 0.481 e. The summed E-state index contributed by atoms with van der Waals surface area (Å²) in [5.41, 5.74) is 0. The number of hydrogen-bond donors (Lipinski definition) is 1. The van der Waals surface area contributed by atoms with Crippen LogP contribution in [0.3, 0.4) is 0 Å². The molecule has 2 aliphatic rings. The quantitative estimate of drug-likeness (QED) is 0.741. The zero-order chi connectivity index (χ0) is 14.9. The molecule has 0 aromatic carbocycles. The first-order valence-electron chi connectivity index (χ1n) is 6.82. The number of esters is 1. The van der Waals surface area contributed by atoms with E-state index in [1.165, 1.54) is 16.9 Å². The number of ether oxygens (including phenoxy) is 1. The van der Waals surface area contributed by atoms with Gasteiger partial charge in [0.25, 0.3) is 0 Å². The minimum absolute atomic E-state index is 0.0735. The van der Waals surface area contributed by atoms with Crippen LogP contribution >= 0.6 is 0 Å². The maximum absolute atomic E-state index is 12.4. The van der Waals surface area contributed by atoms with E-state index in [4.69, 9.17) is 9.84 Å². The van der Waals surface area contributed by atoms with Crippen molar-refractivity contribution in [1.82, 2.24) is 9.80 Å². The summed E-state index contributed by atoms with van der Waals surface area (Å²) < 4.78 is 4.71. The van der Waals surface area contributed by atoms with Crippen LogP contribution in [0.1, 0.15) is 19.8 Å². The average Bonchev–Trinajstić information content (AvgIpc) is 3.03. The van der Waals surface area contributed by atoms with Gasteiger partial charge in [-0.3, -0.25) is 4.79 Å². The summed E-state index contributed by atoms with van der Waals surface area (Å²) in [4.78, 5) is 38.2. The number of carboxylic acids is 1. The second-order valence-electron chi connectivity index (χ2n) is 5.48. The van der Waals surface area contributed by atoms with E-state index in [0.29, 0.717) is 19.5 Å². The van der Waals surface area contributed by atoms with Gasteiger partial charge in [0.1, 0.15) is 6.04 Å². The van der Waals surface area contributed by atoms with E-state index in [1.807, 2.05) is 6.92 Å². The third-order valence-corrected chi connectivity index (χ3v) is 4.17. The Morgan fingerprint density at radius 3 is 2.50 bits per heavy atom. The van der Waals surface area contributed by atoms with E-state index < -0.39 is 23.9 Å². The van der Waals surface area contributed by atoms with Crippen LogP contribution in [0.25, 0.3) is 0 Å². The maximum atomic E-state index is 12.4. The number of carbonyl (C=O) groups is 3. The molecule has 0 aromatic rings. The third-order valence-electron chi connectivity index (χ3n) is 4.17. The highest BCUT2D eigenvalue weighted by atomic mass is 16.5. The standard InChI is InChI=1S/C13H20N2O5/c1-8-6-14(7-9(8)11(16)17)13(19)15-5-3-4-10(15)12(18)20-2/h8-10H,3-7H2,1-2H3,(H,16,17). The Hall–Kier alpha value is -1.79. The van der Waals surface area contributed by atoms with Crippen LogP contribution in [0.4, 0.5) is 4.79 Å². The third kappa shape index (κ3) is 2.57. The van der Waals surface area contributed by atoms with Gasteiger partial charge in [-0.1, -0.05) is 6.92 Å². The van der Waals surface area contributed by atoms with Crippen molar-refractivity contribution < 1.29 is 24.2 Å². The molecule has 20 heavy (non-hydrogen) atoms. The molecule has 0 aromatic heterocycles. The van der Waals surface area contributed by atoms with Crippen molar-refractivity contribution in [2.24, 2.45) is 11.8 Å². The molecule has 2 fully saturated rings. The lowest BCUT2D eigenvalue weighted by Gasteiger charge is -2.28. The molecule has 0 bridgehead atoms. The van der Waals surface area contributed by atoms with Gasteiger partial charge in [-0.25, -0.2) is 9.59 Å². The van der Waals surface area contributed by atoms with Crippen LogP contribution < -0.4 is 0 Å². The molecule has 7 heteroatoms. The van der Waals surface area contributed by atoms with Crippen LogP contribution in [0, 0.1) is 11.8 Å². The molecule has 3 unspecified atom stereocenters. The molecule has 0 aliphatic carbocycles. The Kier molecular flexibility index (Phi) is 4.15. The van der Waals surface area contributed by atoms with Crippen LogP contribution in [0.15, 0.2) is 0 Å². The van der Waals surface area contributed by atoms with E-state index >= 15 is 0 Å². The molecule has 0 saturated carbocycles. The first-order chi connectivity index (χ1) is 9.45. The normalized spacial score (nSPS) is 29.6. The molecular weight excluding hydrogens is 264 g/mol. The molecule has 1 N–H and O–H groups in total. The predicted octanol–water partition coefficient (Wildman–Crippen LogP) is 0.396. The summed E-state index contributed by atoms with van der Waals surface area (Å²) >= 11 is 0. The number of hydrogen-bond acceptors (Lipinski definition) is 4. The van der Waals surface area contributed by atoms with Gasteiger partial charge in [0.15, 0.2) is 0 Å². The molecule has 7 nitrogen and oxygen atoms in total. The molecule has 2 rings (SSSR count). The predicted molar refractivity (Wildman–Crippen MR) is 69.0 cm³/mol. The summed E-state index contributed by atoms with van der Waals surface area (Å²) in [6.45, 7) is 2.97. The van der Waals surface area contributed by atoms with E-state index in [0.717, 1.165) is 6.42 Å². The summed E-state index contributed by atoms with van der Waals surface area (Å²) in [6.07, 6.45) is 1.36. The number of carboxylic acid groups (broad SMARTS) is 1. The van der Waals surface area contributed by atoms with Gasteiger partial charge >= 0.3 is 18.0 Å². The van der Waals surface area contributed by atoms with Crippen LogP contribution in [0.5, 0.6) is 0 Å². The summed E-state index contributed by atoms with van der Waals surface area (Å²) in [5, 5.41) is 9.10. The van der Waals surface area contributed by atoms with Gasteiger partial charge in [0.05, 0.1) is 13.0 Å². The number of rotatable bonds is 2. The van der Waals surface area contributed by atoms with Crippen LogP contribution in [0.2, 0.25) is 0 Å². The Bertz CT molecular complexity index is 425. The number of amides is 2. The number of methoxy groups -OCH3 is 1. The molecule has 112 valence electrons. The lowest BCUT2D eigenvalue weighted by Crippen LogP contribution is -2.47. The number of nitrogens with zero attached hydrogens (tertiary/aromatic N) is 2. The highest BCUT2D eigenvalue weighted by Gasteiger charge is 2.42. The Morgan fingerprint density at radius 2 is 1.95 bits per heavy atom. The molecule has 2 saturated heterocycles. The zero-order valence-corrected chi connectivity index (χ0v) is 11.7. The minimum Gasteiger partial charge on any atom is -0.481 e. The lowest BCUT2D eigenvalue weighted by atomic mass is 9.99. The van der Waals surface area contributed by atoms with E-state index in [1.54, 1.807) is 0 Å². The Balaban J connectivity index is 2.05. The van der Waals surface area contributed by atoms with Gasteiger partial charge < -0.3 is 19.6 Å². The smallest absolute Gasteiger partial charge is 0.328 e. The SMILES string of the molecule is COC(=O)C1CCCN1C(=O)N1CC(C)C(C(=O)O)C1. The minimum atomic E-state index is -0.876. The first-order valence-corrected chi connectivity index (χ1v) is 6.82. The average molecular weight is 284 g/mol. The van der Waals surface area contributed by atoms with Crippen molar-refractivity contribution in [3.05, 3.63) is 0 Å². The lowest BCUT2D eigenvalue weighted by molar-refractivity contribution is -0.145. The fraction of sp³-hybridized carbons (Fsp3) is 0.769. The van der Waals surface area contributed by atoms with Crippen LogP contribution in [-0.4, -0.2) is 65.7 Å². The molecule has 3 atom stereocenters. The van der Waals surface area contributed by atoms with Gasteiger partial charge in [-0.05, 0) is 18.8 Å². The second kappa shape index (κ2) is 5.68. The number of aliphatic carboxylic acids is 1. The number of carbonyl (C=O) groups excluding carboxylic acids is 2. The first kappa shape index (κ1) is 14.6. The second-order valence-corrected chi connectivity index (χ2v) is 5.48. The summed E-state index contributed by atoms with van der Waals surface area (Å²) in [6, 6.07) is -0.791. The zero-order valence-electron chi connectivity index (χ0n) is 11.7. The van der Waals surface area contributed by atoms with Crippen molar-refractivity contribution in [1.29, 1.82) is 0 Å². The number of urea groups is 1. The summed E-state index contributed by atoms with van der Waals surface area (Å²) in [5.74, 6) is -1.88. The molecule has 2 amide bonds.